The predicted octanol–water partition coefficient (Wildman–Crippen LogP) is 11.0. The zero-order chi connectivity index (χ0) is 57.7. The van der Waals surface area contributed by atoms with E-state index in [1.807, 2.05) is 18.2 Å². The van der Waals surface area contributed by atoms with Gasteiger partial charge in [-0.15, -0.1) is 0 Å². The van der Waals surface area contributed by atoms with E-state index in [9.17, 15) is 14.4 Å². The normalized spacial score (nSPS) is 19.8. The van der Waals surface area contributed by atoms with Gasteiger partial charge in [0.25, 0.3) is 11.8 Å². The third-order valence-corrected chi connectivity index (χ3v) is 17.9. The highest BCUT2D eigenvalue weighted by atomic mass is 19.1. The number of amides is 3. The Morgan fingerprint density at radius 3 is 1.28 bits per heavy atom. The van der Waals surface area contributed by atoms with Gasteiger partial charge >= 0.3 is 6.09 Å². The fourth-order valence-corrected chi connectivity index (χ4v) is 13.3. The van der Waals surface area contributed by atoms with Crippen molar-refractivity contribution in [1.82, 2.24) is 39.4 Å². The van der Waals surface area contributed by atoms with Crippen molar-refractivity contribution in [2.45, 2.75) is 140 Å². The van der Waals surface area contributed by atoms with Gasteiger partial charge in [-0.25, -0.2) is 23.5 Å². The van der Waals surface area contributed by atoms with Gasteiger partial charge in [-0.1, -0.05) is 97.1 Å². The molecule has 0 radical (unpaired) electrons. The Labute approximate surface area is 488 Å². The van der Waals surface area contributed by atoms with Gasteiger partial charge in [-0.05, 0) is 126 Å². The smallest absolute Gasteiger partial charge is 0.413 e. The largest absolute Gasteiger partial charge is 0.444 e. The average molecular weight is 1130 g/mol. The first-order chi connectivity index (χ1) is 40.0. The minimum absolute atomic E-state index is 0.180. The van der Waals surface area contributed by atoms with Gasteiger partial charge in [0.1, 0.15) is 17.2 Å². The number of hydrogen-bond donors (Lipinski definition) is 2. The van der Waals surface area contributed by atoms with Crippen LogP contribution in [0.2, 0.25) is 0 Å². The molecule has 0 spiro atoms. The van der Waals surface area contributed by atoms with Gasteiger partial charge in [0.05, 0.1) is 0 Å². The maximum atomic E-state index is 16.1. The highest BCUT2D eigenvalue weighted by Gasteiger charge is 2.47. The van der Waals surface area contributed by atoms with Crippen LogP contribution in [0.5, 0.6) is 0 Å². The van der Waals surface area contributed by atoms with Gasteiger partial charge in [0, 0.05) is 142 Å². The molecular weight excluding hydrogens is 1050 g/mol. The Hall–Kier alpha value is -7.11. The highest BCUT2D eigenvalue weighted by Crippen LogP contribution is 2.39. The second kappa shape index (κ2) is 25.0. The van der Waals surface area contributed by atoms with Crippen molar-refractivity contribution >= 4 is 29.5 Å². The second-order valence-corrected chi connectivity index (χ2v) is 24.7. The lowest BCUT2D eigenvalue weighted by Crippen LogP contribution is -2.55. The van der Waals surface area contributed by atoms with Crippen LogP contribution in [0.15, 0.2) is 134 Å². The van der Waals surface area contributed by atoms with Crippen molar-refractivity contribution in [2.24, 2.45) is 0 Å². The number of nitrogens with two attached hydrogens (primary N) is 1. The number of anilines is 2. The van der Waals surface area contributed by atoms with E-state index in [0.717, 1.165) is 63.0 Å². The van der Waals surface area contributed by atoms with Crippen LogP contribution in [0, 0.1) is 0 Å². The number of likely N-dealkylation sites (tertiary alicyclic amines) is 4. The Morgan fingerprint density at radius 1 is 0.542 bits per heavy atom. The van der Waals surface area contributed by atoms with Crippen molar-refractivity contribution in [1.29, 1.82) is 0 Å². The van der Waals surface area contributed by atoms with Gasteiger partial charge in [-0.2, -0.15) is 0 Å². The number of benzene rings is 4. The molecule has 4 saturated heterocycles. The number of nitrogens with zero attached hydrogens (tertiary/aromatic N) is 8. The summed E-state index contributed by atoms with van der Waals surface area (Å²) in [5, 5.41) is 2.67. The summed E-state index contributed by atoms with van der Waals surface area (Å²) in [5.74, 6) is 0.243. The minimum atomic E-state index is -1.83. The molecule has 8 heterocycles. The molecule has 4 aromatic carbocycles. The Kier molecular flexibility index (Phi) is 17.4. The van der Waals surface area contributed by atoms with Gasteiger partial charge < -0.3 is 20.3 Å². The zero-order valence-corrected chi connectivity index (χ0v) is 48.5. The van der Waals surface area contributed by atoms with E-state index in [2.05, 4.69) is 132 Å². The Bertz CT molecular complexity index is 3150. The average Bonchev–Trinajstić information content (AvgIpc) is 4.06. The molecule has 6 aliphatic rings. The lowest BCUT2D eigenvalue weighted by molar-refractivity contribution is -0.149. The SMILES string of the molecule is CC(C)(C)OC(=O)Nc1cc(CN2CCC(F)(C(=O)N3CCC(N4Cc5ccccc5-c5ccccc5C4)CC3)CC2)ccn1.Nc1cc(CN2CCC(F)(C(=O)N3CCC(N4Cc5ccccc5-c5ccccc5C4)CC3)CC2)ccn1. The number of carbonyl (C=O) groups excluding carboxylic acids is 3. The minimum Gasteiger partial charge on any atom is -0.444 e. The summed E-state index contributed by atoms with van der Waals surface area (Å²) in [5.41, 5.74) is 14.2. The molecule has 0 aliphatic carbocycles. The molecule has 4 fully saturated rings. The van der Waals surface area contributed by atoms with Crippen LogP contribution < -0.4 is 11.1 Å². The Balaban J connectivity index is 0.000000176. The second-order valence-electron chi connectivity index (χ2n) is 24.7. The molecule has 12 rings (SSSR count). The van der Waals surface area contributed by atoms with E-state index in [1.165, 1.54) is 44.5 Å². The van der Waals surface area contributed by atoms with Crippen LogP contribution in [0.1, 0.15) is 106 Å². The molecule has 6 aliphatic heterocycles. The molecule has 14 nitrogen and oxygen atoms in total. The van der Waals surface area contributed by atoms with E-state index in [1.54, 1.807) is 49.0 Å². The van der Waals surface area contributed by atoms with Crippen molar-refractivity contribution in [3.63, 3.8) is 0 Å². The monoisotopic (exact) mass is 1130 g/mol. The number of hydrogen-bond acceptors (Lipinski definition) is 11. The zero-order valence-electron chi connectivity index (χ0n) is 48.5. The molecule has 16 heteroatoms. The van der Waals surface area contributed by atoms with Crippen LogP contribution in [0.3, 0.4) is 0 Å². The topological polar surface area (TPSA) is 144 Å². The molecule has 436 valence electrons. The molecule has 0 unspecified atom stereocenters. The first kappa shape index (κ1) is 57.7. The predicted molar refractivity (Wildman–Crippen MR) is 321 cm³/mol. The molecular formula is C67H80F2N10O4. The summed E-state index contributed by atoms with van der Waals surface area (Å²) in [7, 11) is 0. The van der Waals surface area contributed by atoms with Gasteiger partial charge in [0.2, 0.25) is 0 Å². The van der Waals surface area contributed by atoms with E-state index >= 15 is 8.78 Å². The van der Waals surface area contributed by atoms with Crippen LogP contribution in [0.25, 0.3) is 22.3 Å². The van der Waals surface area contributed by atoms with Gasteiger partial charge in [0.15, 0.2) is 11.3 Å². The number of alkyl halides is 2. The van der Waals surface area contributed by atoms with Crippen LogP contribution in [-0.2, 0) is 53.6 Å². The Morgan fingerprint density at radius 2 is 0.904 bits per heavy atom. The molecule has 3 amide bonds. The third kappa shape index (κ3) is 13.8. The summed E-state index contributed by atoms with van der Waals surface area (Å²) in [6.45, 7) is 14.8. The maximum Gasteiger partial charge on any atom is 0.413 e. The third-order valence-electron chi connectivity index (χ3n) is 17.9. The molecule has 3 N–H and O–H groups in total. The standard InChI is InChI=1S/C36H44FN5O3.C31H36FN5O/c1-35(2,3)45-34(44)39-32-22-26(12-17-38-32)23-40-20-15-36(37,16-21-40)33(43)41-18-13-29(14-19-41)42-24-27-8-4-6-10-30(27)31-11-7-5-9-28(31)25-42;32-31(12-17-35(18-13-31)20-23-9-14-34-29(33)19-23)30(38)36-15-10-26(11-16-36)37-21-24-5-1-3-7-27(24)28-8-4-2-6-25(28)22-37/h4-12,17,22,29H,13-16,18-21,23-25H2,1-3H3,(H,38,39,44);1-9,14,19,26H,10-13,15-18,20-22H2,(H2,33,34). The number of nitrogens with one attached hydrogen (secondary N) is 1. The van der Waals surface area contributed by atoms with E-state index in [0.29, 0.717) is 89.2 Å². The highest BCUT2D eigenvalue weighted by molar-refractivity contribution is 5.86. The number of nitrogen functional groups attached to an aromatic ring is 1. The maximum absolute atomic E-state index is 16.1. The van der Waals surface area contributed by atoms with E-state index in [-0.39, 0.29) is 37.5 Å². The number of fused-ring (bicyclic) bond motifs is 6. The molecule has 0 saturated carbocycles. The fourth-order valence-electron chi connectivity index (χ4n) is 13.3. The van der Waals surface area contributed by atoms with Crippen molar-refractivity contribution in [3.05, 3.63) is 167 Å². The number of rotatable bonds is 9. The number of halogens is 2. The summed E-state index contributed by atoms with van der Waals surface area (Å²) < 4.78 is 37.4. The van der Waals surface area contributed by atoms with Gasteiger partial charge in [-0.3, -0.25) is 34.5 Å². The number of ether oxygens (including phenoxy) is 1. The van der Waals surface area contributed by atoms with Crippen molar-refractivity contribution in [2.75, 3.05) is 63.4 Å². The number of aromatic nitrogens is 2. The van der Waals surface area contributed by atoms with Crippen LogP contribution in [-0.4, -0.2) is 139 Å². The van der Waals surface area contributed by atoms with Crippen molar-refractivity contribution in [3.8, 4) is 22.3 Å². The van der Waals surface area contributed by atoms with Crippen LogP contribution >= 0.6 is 0 Å². The summed E-state index contributed by atoms with van der Waals surface area (Å²) in [6, 6.07) is 42.8. The molecule has 0 bridgehead atoms. The van der Waals surface area contributed by atoms with Crippen molar-refractivity contribution < 1.29 is 27.9 Å². The lowest BCUT2D eigenvalue weighted by Gasteiger charge is -2.42. The number of carbonyl (C=O) groups is 3. The summed E-state index contributed by atoms with van der Waals surface area (Å²) in [4.78, 5) is 60.2. The van der Waals surface area contributed by atoms with E-state index < -0.39 is 23.0 Å². The first-order valence-corrected chi connectivity index (χ1v) is 29.9. The quantitative estimate of drug-likeness (QED) is 0.143. The lowest BCUT2D eigenvalue weighted by atomic mass is 9.90. The fraction of sp³-hybridized carbons (Fsp3) is 0.448. The first-order valence-electron chi connectivity index (χ1n) is 29.9. The molecule has 6 aromatic rings. The summed E-state index contributed by atoms with van der Waals surface area (Å²) in [6.07, 6.45) is 7.07. The molecule has 0 atom stereocenters. The van der Waals surface area contributed by atoms with Crippen LogP contribution in [0.4, 0.5) is 25.2 Å². The van der Waals surface area contributed by atoms with E-state index in [4.69, 9.17) is 10.5 Å². The molecule has 83 heavy (non-hydrogen) atoms. The summed E-state index contributed by atoms with van der Waals surface area (Å²) >= 11 is 0. The number of piperidine rings is 4. The molecule has 2 aromatic heterocycles. The number of pyridine rings is 2.